The summed E-state index contributed by atoms with van der Waals surface area (Å²) in [5, 5.41) is 15.6. The lowest BCUT2D eigenvalue weighted by atomic mass is 10.1. The summed E-state index contributed by atoms with van der Waals surface area (Å²) in [5.41, 5.74) is 1.46. The topological polar surface area (TPSA) is 77.5 Å². The predicted molar refractivity (Wildman–Crippen MR) is 94.1 cm³/mol. The van der Waals surface area contributed by atoms with Crippen LogP contribution in [0.25, 0.3) is 0 Å². The molecule has 6 heteroatoms. The number of aliphatic hydroxyl groups excluding tert-OH is 1. The standard InChI is InChI=1S/C18H22N4O2/c23-16(14-7-2-1-3-8-14)13-20-18(24)21-15-9-6-10-19-17(15)22-11-4-5-12-22/h1-3,6-10,16,23H,4-5,11-13H2,(H2,20,21,24)/t16-/m0/s1. The van der Waals surface area contributed by atoms with Crippen LogP contribution >= 0.6 is 0 Å². The molecule has 1 saturated heterocycles. The van der Waals surface area contributed by atoms with Gasteiger partial charge in [0.15, 0.2) is 5.82 Å². The van der Waals surface area contributed by atoms with E-state index >= 15 is 0 Å². The minimum atomic E-state index is -0.732. The second kappa shape index (κ2) is 7.79. The number of rotatable bonds is 5. The highest BCUT2D eigenvalue weighted by Gasteiger charge is 2.18. The number of pyridine rings is 1. The molecule has 0 unspecified atom stereocenters. The third-order valence-electron chi connectivity index (χ3n) is 4.08. The summed E-state index contributed by atoms with van der Waals surface area (Å²) in [7, 11) is 0. The molecule has 0 bridgehead atoms. The molecule has 24 heavy (non-hydrogen) atoms. The Hall–Kier alpha value is -2.60. The molecule has 3 N–H and O–H groups in total. The first kappa shape index (κ1) is 16.3. The average molecular weight is 326 g/mol. The fraction of sp³-hybridized carbons (Fsp3) is 0.333. The smallest absolute Gasteiger partial charge is 0.319 e. The number of hydrogen-bond acceptors (Lipinski definition) is 4. The van der Waals surface area contributed by atoms with E-state index < -0.39 is 6.10 Å². The first-order valence-electron chi connectivity index (χ1n) is 8.22. The van der Waals surface area contributed by atoms with E-state index in [1.807, 2.05) is 36.4 Å². The van der Waals surface area contributed by atoms with Crippen LogP contribution in [0, 0.1) is 0 Å². The van der Waals surface area contributed by atoms with Gasteiger partial charge in [-0.1, -0.05) is 30.3 Å². The molecule has 0 radical (unpaired) electrons. The van der Waals surface area contributed by atoms with Gasteiger partial charge in [0.2, 0.25) is 0 Å². The fourth-order valence-electron chi connectivity index (χ4n) is 2.82. The lowest BCUT2D eigenvalue weighted by molar-refractivity contribution is 0.175. The van der Waals surface area contributed by atoms with Gasteiger partial charge < -0.3 is 20.6 Å². The van der Waals surface area contributed by atoms with Crippen molar-refractivity contribution in [1.82, 2.24) is 10.3 Å². The van der Waals surface area contributed by atoms with Crippen LogP contribution < -0.4 is 15.5 Å². The highest BCUT2D eigenvalue weighted by Crippen LogP contribution is 2.25. The number of amides is 2. The van der Waals surface area contributed by atoms with Gasteiger partial charge >= 0.3 is 6.03 Å². The molecule has 2 amide bonds. The average Bonchev–Trinajstić information content (AvgIpc) is 3.15. The molecule has 1 atom stereocenters. The number of carbonyl (C=O) groups is 1. The van der Waals surface area contributed by atoms with E-state index in [4.69, 9.17) is 0 Å². The van der Waals surface area contributed by atoms with E-state index in [9.17, 15) is 9.90 Å². The molecule has 1 aromatic heterocycles. The van der Waals surface area contributed by atoms with Gasteiger partial charge in [0.1, 0.15) is 0 Å². The third-order valence-corrected chi connectivity index (χ3v) is 4.08. The van der Waals surface area contributed by atoms with E-state index in [2.05, 4.69) is 20.5 Å². The van der Waals surface area contributed by atoms with E-state index in [1.54, 1.807) is 12.3 Å². The molecule has 0 spiro atoms. The zero-order chi connectivity index (χ0) is 16.8. The molecule has 1 aliphatic rings. The van der Waals surface area contributed by atoms with Gasteiger partial charge in [-0.3, -0.25) is 0 Å². The zero-order valence-corrected chi connectivity index (χ0v) is 13.5. The Morgan fingerprint density at radius 1 is 1.17 bits per heavy atom. The van der Waals surface area contributed by atoms with Crippen molar-refractivity contribution in [1.29, 1.82) is 0 Å². The highest BCUT2D eigenvalue weighted by atomic mass is 16.3. The Balaban J connectivity index is 1.57. The maximum Gasteiger partial charge on any atom is 0.319 e. The summed E-state index contributed by atoms with van der Waals surface area (Å²) in [6.45, 7) is 2.06. The molecule has 2 heterocycles. The van der Waals surface area contributed by atoms with Gasteiger partial charge in [-0.25, -0.2) is 9.78 Å². The van der Waals surface area contributed by atoms with Crippen LogP contribution in [0.1, 0.15) is 24.5 Å². The van der Waals surface area contributed by atoms with E-state index in [-0.39, 0.29) is 12.6 Å². The van der Waals surface area contributed by atoms with Crippen molar-refractivity contribution in [2.24, 2.45) is 0 Å². The van der Waals surface area contributed by atoms with Crippen molar-refractivity contribution in [3.63, 3.8) is 0 Å². The number of nitrogens with zero attached hydrogens (tertiary/aromatic N) is 2. The number of anilines is 2. The minimum absolute atomic E-state index is 0.148. The maximum absolute atomic E-state index is 12.1. The summed E-state index contributed by atoms with van der Waals surface area (Å²) in [6.07, 6.45) is 3.29. The quantitative estimate of drug-likeness (QED) is 0.789. The molecule has 6 nitrogen and oxygen atoms in total. The van der Waals surface area contributed by atoms with Gasteiger partial charge in [0, 0.05) is 25.8 Å². The second-order valence-electron chi connectivity index (χ2n) is 5.83. The molecule has 1 aliphatic heterocycles. The Morgan fingerprint density at radius 3 is 2.67 bits per heavy atom. The molecule has 1 fully saturated rings. The maximum atomic E-state index is 12.1. The summed E-state index contributed by atoms with van der Waals surface area (Å²) in [5.74, 6) is 0.800. The number of urea groups is 1. The first-order valence-corrected chi connectivity index (χ1v) is 8.22. The van der Waals surface area contributed by atoms with Crippen molar-refractivity contribution in [3.05, 3.63) is 54.2 Å². The van der Waals surface area contributed by atoms with Crippen LogP contribution in [-0.4, -0.2) is 35.8 Å². The van der Waals surface area contributed by atoms with E-state index in [1.165, 1.54) is 0 Å². The molecule has 1 aromatic carbocycles. The molecule has 126 valence electrons. The molecule has 0 saturated carbocycles. The van der Waals surface area contributed by atoms with Gasteiger partial charge in [-0.05, 0) is 30.5 Å². The molecule has 3 rings (SSSR count). The predicted octanol–water partition coefficient (Wildman–Crippen LogP) is 2.54. The van der Waals surface area contributed by atoms with Gasteiger partial charge in [0.25, 0.3) is 0 Å². The monoisotopic (exact) mass is 326 g/mol. The number of carbonyl (C=O) groups excluding carboxylic acids is 1. The number of nitrogens with one attached hydrogen (secondary N) is 2. The van der Waals surface area contributed by atoms with Crippen molar-refractivity contribution in [3.8, 4) is 0 Å². The summed E-state index contributed by atoms with van der Waals surface area (Å²) in [4.78, 5) is 18.7. The van der Waals surface area contributed by atoms with Gasteiger partial charge in [-0.15, -0.1) is 0 Å². The van der Waals surface area contributed by atoms with Gasteiger partial charge in [0.05, 0.1) is 11.8 Å². The fourth-order valence-corrected chi connectivity index (χ4v) is 2.82. The normalized spacial score (nSPS) is 15.1. The SMILES string of the molecule is O=C(NC[C@H](O)c1ccccc1)Nc1cccnc1N1CCCC1. The Bertz CT molecular complexity index is 672. The summed E-state index contributed by atoms with van der Waals surface area (Å²) < 4.78 is 0. The largest absolute Gasteiger partial charge is 0.387 e. The molecule has 0 aliphatic carbocycles. The summed E-state index contributed by atoms with van der Waals surface area (Å²) >= 11 is 0. The van der Waals surface area contributed by atoms with Crippen LogP contribution in [-0.2, 0) is 0 Å². The van der Waals surface area contributed by atoms with Crippen molar-refractivity contribution in [2.45, 2.75) is 18.9 Å². The lowest BCUT2D eigenvalue weighted by Gasteiger charge is -2.20. The molecular weight excluding hydrogens is 304 g/mol. The van der Waals surface area contributed by atoms with Crippen molar-refractivity contribution >= 4 is 17.5 Å². The van der Waals surface area contributed by atoms with Crippen molar-refractivity contribution in [2.75, 3.05) is 29.9 Å². The van der Waals surface area contributed by atoms with Gasteiger partial charge in [-0.2, -0.15) is 0 Å². The zero-order valence-electron chi connectivity index (χ0n) is 13.5. The second-order valence-corrected chi connectivity index (χ2v) is 5.83. The third kappa shape index (κ3) is 4.02. The molecule has 2 aromatic rings. The van der Waals surface area contributed by atoms with Crippen LogP contribution in [0.4, 0.5) is 16.3 Å². The molecular formula is C18H22N4O2. The number of aliphatic hydroxyl groups is 1. The minimum Gasteiger partial charge on any atom is -0.387 e. The Kier molecular flexibility index (Phi) is 5.28. The Labute approximate surface area is 141 Å². The number of hydrogen-bond donors (Lipinski definition) is 3. The Morgan fingerprint density at radius 2 is 1.92 bits per heavy atom. The number of benzene rings is 1. The number of aromatic nitrogens is 1. The summed E-state index contributed by atoms with van der Waals surface area (Å²) in [6, 6.07) is 12.6. The van der Waals surface area contributed by atoms with E-state index in [0.29, 0.717) is 5.69 Å². The van der Waals surface area contributed by atoms with Crippen molar-refractivity contribution < 1.29 is 9.90 Å². The lowest BCUT2D eigenvalue weighted by Crippen LogP contribution is -2.33. The van der Waals surface area contributed by atoms with E-state index in [0.717, 1.165) is 37.3 Å². The van der Waals surface area contributed by atoms with Crippen LogP contribution in [0.5, 0.6) is 0 Å². The first-order chi connectivity index (χ1) is 11.7. The van der Waals surface area contributed by atoms with Crippen LogP contribution in [0.15, 0.2) is 48.7 Å². The van der Waals surface area contributed by atoms with Crippen LogP contribution in [0.3, 0.4) is 0 Å². The van der Waals surface area contributed by atoms with Crippen LogP contribution in [0.2, 0.25) is 0 Å². The highest BCUT2D eigenvalue weighted by molar-refractivity contribution is 5.92.